The maximum atomic E-state index is 9.99. The molecule has 0 aliphatic rings. The first-order chi connectivity index (χ1) is 9.31. The number of rotatable bonds is 7. The Labute approximate surface area is 122 Å². The second-order valence-electron chi connectivity index (χ2n) is 5.88. The highest BCUT2D eigenvalue weighted by Crippen LogP contribution is 2.19. The zero-order valence-electron chi connectivity index (χ0n) is 13.2. The average Bonchev–Trinajstić information content (AvgIpc) is 2.37. The zero-order chi connectivity index (χ0) is 15.2. The van der Waals surface area contributed by atoms with E-state index in [9.17, 15) is 5.11 Å². The lowest BCUT2D eigenvalue weighted by Gasteiger charge is -2.26. The Bertz CT molecular complexity index is 384. The third-order valence-electron chi connectivity index (χ3n) is 2.78. The Balaban J connectivity index is 2.47. The van der Waals surface area contributed by atoms with E-state index in [0.29, 0.717) is 19.8 Å². The molecule has 0 radical (unpaired) electrons. The van der Waals surface area contributed by atoms with E-state index >= 15 is 0 Å². The highest BCUT2D eigenvalue weighted by molar-refractivity contribution is 5.48. The van der Waals surface area contributed by atoms with E-state index in [1.54, 1.807) is 0 Å². The first kappa shape index (κ1) is 16.8. The molecule has 1 aromatic carbocycles. The van der Waals surface area contributed by atoms with Gasteiger partial charge in [0.2, 0.25) is 0 Å². The summed E-state index contributed by atoms with van der Waals surface area (Å²) in [6, 6.07) is 7.85. The molecule has 114 valence electrons. The summed E-state index contributed by atoms with van der Waals surface area (Å²) in [5, 5.41) is 9.99. The third-order valence-corrected chi connectivity index (χ3v) is 2.78. The Hall–Kier alpha value is -1.26. The van der Waals surface area contributed by atoms with Crippen LogP contribution >= 0.6 is 0 Å². The van der Waals surface area contributed by atoms with Crippen LogP contribution in [0.4, 0.5) is 5.69 Å². The molecule has 0 heterocycles. The van der Waals surface area contributed by atoms with Crippen LogP contribution in [-0.2, 0) is 4.74 Å². The molecule has 1 unspecified atom stereocenters. The van der Waals surface area contributed by atoms with Crippen molar-refractivity contribution in [2.75, 3.05) is 31.7 Å². The summed E-state index contributed by atoms with van der Waals surface area (Å²) in [6.07, 6.45) is -0.509. The SMILES string of the molecule is CCOc1ccc(N(C)CC(O)COC(C)(C)C)cc1. The lowest BCUT2D eigenvalue weighted by molar-refractivity contribution is -0.0461. The minimum absolute atomic E-state index is 0.224. The largest absolute Gasteiger partial charge is 0.494 e. The van der Waals surface area contributed by atoms with E-state index in [4.69, 9.17) is 9.47 Å². The monoisotopic (exact) mass is 281 g/mol. The number of anilines is 1. The quantitative estimate of drug-likeness (QED) is 0.834. The van der Waals surface area contributed by atoms with Crippen LogP contribution < -0.4 is 9.64 Å². The minimum Gasteiger partial charge on any atom is -0.494 e. The van der Waals surface area contributed by atoms with Crippen molar-refractivity contribution in [1.82, 2.24) is 0 Å². The topological polar surface area (TPSA) is 41.9 Å². The van der Waals surface area contributed by atoms with Crippen molar-refractivity contribution in [2.45, 2.75) is 39.4 Å². The maximum absolute atomic E-state index is 9.99. The van der Waals surface area contributed by atoms with E-state index in [1.165, 1.54) is 0 Å². The van der Waals surface area contributed by atoms with Crippen molar-refractivity contribution in [3.8, 4) is 5.75 Å². The number of hydrogen-bond donors (Lipinski definition) is 1. The van der Waals surface area contributed by atoms with Gasteiger partial charge in [-0.2, -0.15) is 0 Å². The first-order valence-electron chi connectivity index (χ1n) is 7.08. The predicted molar refractivity (Wildman–Crippen MR) is 82.6 cm³/mol. The smallest absolute Gasteiger partial charge is 0.119 e. The van der Waals surface area contributed by atoms with Crippen LogP contribution in [0.5, 0.6) is 5.75 Å². The molecule has 1 N–H and O–H groups in total. The van der Waals surface area contributed by atoms with Crippen LogP contribution in [-0.4, -0.2) is 43.6 Å². The Morgan fingerprint density at radius 1 is 1.20 bits per heavy atom. The van der Waals surface area contributed by atoms with E-state index in [0.717, 1.165) is 11.4 Å². The third kappa shape index (κ3) is 6.26. The Morgan fingerprint density at radius 3 is 2.30 bits per heavy atom. The number of hydrogen-bond acceptors (Lipinski definition) is 4. The summed E-state index contributed by atoms with van der Waals surface area (Å²) in [7, 11) is 1.95. The molecule has 0 bridgehead atoms. The Kier molecular flexibility index (Phi) is 6.30. The molecule has 0 spiro atoms. The molecule has 1 aromatic rings. The van der Waals surface area contributed by atoms with E-state index < -0.39 is 6.10 Å². The van der Waals surface area contributed by atoms with Gasteiger partial charge < -0.3 is 19.5 Å². The molecule has 0 aliphatic heterocycles. The van der Waals surface area contributed by atoms with Crippen molar-refractivity contribution in [1.29, 1.82) is 0 Å². The van der Waals surface area contributed by atoms with Gasteiger partial charge in [0.05, 0.1) is 24.9 Å². The zero-order valence-corrected chi connectivity index (χ0v) is 13.2. The highest BCUT2D eigenvalue weighted by atomic mass is 16.5. The lowest BCUT2D eigenvalue weighted by Crippen LogP contribution is -2.34. The summed E-state index contributed by atoms with van der Waals surface area (Å²) in [5.41, 5.74) is 0.821. The molecule has 1 rings (SSSR count). The van der Waals surface area contributed by atoms with Crippen molar-refractivity contribution >= 4 is 5.69 Å². The average molecular weight is 281 g/mol. The van der Waals surface area contributed by atoms with Crippen molar-refractivity contribution in [3.63, 3.8) is 0 Å². The van der Waals surface area contributed by atoms with Crippen LogP contribution in [0, 0.1) is 0 Å². The molecule has 20 heavy (non-hydrogen) atoms. The molecule has 1 atom stereocenters. The fraction of sp³-hybridized carbons (Fsp3) is 0.625. The van der Waals surface area contributed by atoms with Gasteiger partial charge in [-0.3, -0.25) is 0 Å². The van der Waals surface area contributed by atoms with Crippen LogP contribution in [0.25, 0.3) is 0 Å². The number of likely N-dealkylation sites (N-methyl/N-ethyl adjacent to an activating group) is 1. The van der Waals surface area contributed by atoms with Crippen LogP contribution in [0.2, 0.25) is 0 Å². The summed E-state index contributed by atoms with van der Waals surface area (Å²) in [5.74, 6) is 0.862. The molecular formula is C16H27NO3. The lowest BCUT2D eigenvalue weighted by atomic mass is 10.2. The molecule has 0 aromatic heterocycles. The summed E-state index contributed by atoms with van der Waals surface area (Å²) in [4.78, 5) is 2.01. The highest BCUT2D eigenvalue weighted by Gasteiger charge is 2.15. The number of aliphatic hydroxyl groups excluding tert-OH is 1. The van der Waals surface area contributed by atoms with Gasteiger partial charge in [0, 0.05) is 19.3 Å². The fourth-order valence-electron chi connectivity index (χ4n) is 1.78. The maximum Gasteiger partial charge on any atom is 0.119 e. The standard InChI is InChI=1S/C16H27NO3/c1-6-19-15-9-7-13(8-10-15)17(5)11-14(18)12-20-16(2,3)4/h7-10,14,18H,6,11-12H2,1-5H3. The molecule has 0 saturated heterocycles. The molecule has 0 aliphatic carbocycles. The molecule has 0 amide bonds. The normalized spacial score (nSPS) is 13.1. The van der Waals surface area contributed by atoms with Gasteiger partial charge in [-0.05, 0) is 52.0 Å². The molecule has 4 nitrogen and oxygen atoms in total. The number of ether oxygens (including phenoxy) is 2. The molecular weight excluding hydrogens is 254 g/mol. The van der Waals surface area contributed by atoms with Gasteiger partial charge in [0.1, 0.15) is 5.75 Å². The van der Waals surface area contributed by atoms with Crippen LogP contribution in [0.15, 0.2) is 24.3 Å². The van der Waals surface area contributed by atoms with E-state index in [1.807, 2.05) is 63.9 Å². The number of nitrogens with zero attached hydrogens (tertiary/aromatic N) is 1. The summed E-state index contributed by atoms with van der Waals surface area (Å²) in [6.45, 7) is 9.44. The van der Waals surface area contributed by atoms with Gasteiger partial charge in [-0.25, -0.2) is 0 Å². The predicted octanol–water partition coefficient (Wildman–Crippen LogP) is 2.70. The summed E-state index contributed by atoms with van der Waals surface area (Å²) < 4.78 is 11.0. The Morgan fingerprint density at radius 2 is 1.80 bits per heavy atom. The molecule has 0 fully saturated rings. The van der Waals surface area contributed by atoms with Crippen molar-refractivity contribution in [2.24, 2.45) is 0 Å². The fourth-order valence-corrected chi connectivity index (χ4v) is 1.78. The van der Waals surface area contributed by atoms with Gasteiger partial charge in [-0.1, -0.05) is 0 Å². The number of benzene rings is 1. The number of aliphatic hydroxyl groups is 1. The van der Waals surface area contributed by atoms with Crippen molar-refractivity contribution in [3.05, 3.63) is 24.3 Å². The van der Waals surface area contributed by atoms with E-state index in [-0.39, 0.29) is 5.60 Å². The second kappa shape index (κ2) is 7.50. The van der Waals surface area contributed by atoms with Gasteiger partial charge in [0.25, 0.3) is 0 Å². The minimum atomic E-state index is -0.509. The van der Waals surface area contributed by atoms with Gasteiger partial charge in [-0.15, -0.1) is 0 Å². The summed E-state index contributed by atoms with van der Waals surface area (Å²) >= 11 is 0. The molecule has 4 heteroatoms. The van der Waals surface area contributed by atoms with Crippen LogP contribution in [0.1, 0.15) is 27.7 Å². The second-order valence-corrected chi connectivity index (χ2v) is 5.88. The molecule has 0 saturated carbocycles. The first-order valence-corrected chi connectivity index (χ1v) is 7.08. The van der Waals surface area contributed by atoms with E-state index in [2.05, 4.69) is 0 Å². The van der Waals surface area contributed by atoms with Gasteiger partial charge >= 0.3 is 0 Å². The van der Waals surface area contributed by atoms with Crippen molar-refractivity contribution < 1.29 is 14.6 Å². The van der Waals surface area contributed by atoms with Gasteiger partial charge in [0.15, 0.2) is 0 Å². The van der Waals surface area contributed by atoms with Crippen LogP contribution in [0.3, 0.4) is 0 Å².